The highest BCUT2D eigenvalue weighted by molar-refractivity contribution is 5.20. The van der Waals surface area contributed by atoms with Crippen LogP contribution in [0.2, 0.25) is 0 Å². The number of hydrogen-bond acceptors (Lipinski definition) is 2. The van der Waals surface area contributed by atoms with Gasteiger partial charge in [-0.1, -0.05) is 30.3 Å². The summed E-state index contributed by atoms with van der Waals surface area (Å²) in [5.41, 5.74) is 0.407. The highest BCUT2D eigenvalue weighted by Crippen LogP contribution is 2.29. The molecule has 0 aliphatic carbocycles. The lowest BCUT2D eigenvalue weighted by Gasteiger charge is -2.24. The van der Waals surface area contributed by atoms with Gasteiger partial charge in [-0.15, -0.1) is 0 Å². The largest absolute Gasteiger partial charge is 0.416 e. The van der Waals surface area contributed by atoms with E-state index >= 15 is 0 Å². The minimum atomic E-state index is -4.62. The van der Waals surface area contributed by atoms with Gasteiger partial charge in [-0.3, -0.25) is 0 Å². The number of nitrogens with one attached hydrogen (secondary N) is 1. The van der Waals surface area contributed by atoms with Crippen molar-refractivity contribution in [2.75, 3.05) is 7.05 Å². The van der Waals surface area contributed by atoms with Crippen molar-refractivity contribution in [3.05, 3.63) is 35.9 Å². The Balaban J connectivity index is 2.90. The van der Waals surface area contributed by atoms with Crippen LogP contribution in [0, 0.1) is 0 Å². The normalized spacial score (nSPS) is 16.1. The molecule has 0 aliphatic heterocycles. The monoisotopic (exact) mass is 219 g/mol. The third-order valence-corrected chi connectivity index (χ3v) is 2.12. The predicted octanol–water partition coefficient (Wildman–Crippen LogP) is 1.87. The van der Waals surface area contributed by atoms with E-state index in [9.17, 15) is 13.2 Å². The SMILES string of the molecule is CNC(c1ccccc1)C(O)C(F)(F)F. The molecule has 0 aromatic heterocycles. The van der Waals surface area contributed by atoms with Crippen LogP contribution in [0.5, 0.6) is 0 Å². The van der Waals surface area contributed by atoms with E-state index in [0.29, 0.717) is 5.56 Å². The van der Waals surface area contributed by atoms with Crippen LogP contribution >= 0.6 is 0 Å². The molecule has 1 aromatic carbocycles. The van der Waals surface area contributed by atoms with Gasteiger partial charge in [0.1, 0.15) is 0 Å². The van der Waals surface area contributed by atoms with Crippen LogP contribution in [0.1, 0.15) is 11.6 Å². The maximum atomic E-state index is 12.3. The second-order valence-electron chi connectivity index (χ2n) is 3.16. The number of aliphatic hydroxyl groups excluding tert-OH is 1. The second-order valence-corrected chi connectivity index (χ2v) is 3.16. The summed E-state index contributed by atoms with van der Waals surface area (Å²) >= 11 is 0. The molecule has 5 heteroatoms. The zero-order valence-corrected chi connectivity index (χ0v) is 8.12. The van der Waals surface area contributed by atoms with Gasteiger partial charge in [0.05, 0.1) is 6.04 Å². The molecule has 84 valence electrons. The van der Waals surface area contributed by atoms with Crippen LogP contribution in [0.25, 0.3) is 0 Å². The molecule has 0 spiro atoms. The van der Waals surface area contributed by atoms with Crippen LogP contribution in [0.15, 0.2) is 30.3 Å². The molecule has 2 unspecified atom stereocenters. The molecule has 0 fully saturated rings. The third-order valence-electron chi connectivity index (χ3n) is 2.12. The zero-order valence-electron chi connectivity index (χ0n) is 8.12. The van der Waals surface area contributed by atoms with Gasteiger partial charge in [-0.2, -0.15) is 13.2 Å². The summed E-state index contributed by atoms with van der Waals surface area (Å²) in [6, 6.07) is 6.90. The number of alkyl halides is 3. The smallest absolute Gasteiger partial charge is 0.382 e. The molecule has 0 heterocycles. The van der Waals surface area contributed by atoms with Crippen molar-refractivity contribution in [2.24, 2.45) is 0 Å². The van der Waals surface area contributed by atoms with Gasteiger partial charge in [-0.25, -0.2) is 0 Å². The Morgan fingerprint density at radius 2 is 1.73 bits per heavy atom. The first-order chi connectivity index (χ1) is 6.96. The van der Waals surface area contributed by atoms with E-state index in [0.717, 1.165) is 0 Å². The molecule has 2 atom stereocenters. The molecule has 0 aliphatic rings. The van der Waals surface area contributed by atoms with E-state index in [1.54, 1.807) is 18.2 Å². The van der Waals surface area contributed by atoms with Crippen molar-refractivity contribution in [1.82, 2.24) is 5.32 Å². The lowest BCUT2D eigenvalue weighted by Crippen LogP contribution is -2.40. The average Bonchev–Trinajstić information content (AvgIpc) is 2.19. The molecule has 0 radical (unpaired) electrons. The van der Waals surface area contributed by atoms with Crippen molar-refractivity contribution < 1.29 is 18.3 Å². The summed E-state index contributed by atoms with van der Waals surface area (Å²) in [4.78, 5) is 0. The van der Waals surface area contributed by atoms with Crippen LogP contribution < -0.4 is 5.32 Å². The Hall–Kier alpha value is -1.07. The van der Waals surface area contributed by atoms with E-state index in [1.807, 2.05) is 0 Å². The first-order valence-electron chi connectivity index (χ1n) is 4.44. The molecule has 0 amide bonds. The topological polar surface area (TPSA) is 32.3 Å². The molecule has 0 bridgehead atoms. The standard InChI is InChI=1S/C10H12F3NO/c1-14-8(9(15)10(11,12)13)7-5-3-2-4-6-7/h2-6,8-9,14-15H,1H3. The summed E-state index contributed by atoms with van der Waals surface area (Å²) in [7, 11) is 1.38. The quantitative estimate of drug-likeness (QED) is 0.813. The summed E-state index contributed by atoms with van der Waals surface area (Å²) < 4.78 is 36.8. The fourth-order valence-corrected chi connectivity index (χ4v) is 1.36. The third kappa shape index (κ3) is 2.94. The maximum Gasteiger partial charge on any atom is 0.416 e. The molecule has 0 saturated carbocycles. The molecule has 0 saturated heterocycles. The molecule has 1 aromatic rings. The van der Waals surface area contributed by atoms with Gasteiger partial charge >= 0.3 is 6.18 Å². The summed E-state index contributed by atoms with van der Waals surface area (Å²) in [6.07, 6.45) is -7.02. The Labute approximate surface area is 85.7 Å². The van der Waals surface area contributed by atoms with Crippen LogP contribution in [-0.2, 0) is 0 Å². The number of benzene rings is 1. The first-order valence-corrected chi connectivity index (χ1v) is 4.44. The Kier molecular flexibility index (Phi) is 3.71. The Morgan fingerprint density at radius 1 is 1.20 bits per heavy atom. The lowest BCUT2D eigenvalue weighted by atomic mass is 10.0. The minimum absolute atomic E-state index is 0.407. The van der Waals surface area contributed by atoms with Gasteiger partial charge in [0.15, 0.2) is 6.10 Å². The predicted molar refractivity (Wildman–Crippen MR) is 50.3 cm³/mol. The average molecular weight is 219 g/mol. The summed E-state index contributed by atoms with van der Waals surface area (Å²) in [6.45, 7) is 0. The Bertz CT molecular complexity index is 299. The molecule has 1 rings (SSSR count). The maximum absolute atomic E-state index is 12.3. The number of hydrogen-bond donors (Lipinski definition) is 2. The molecule has 15 heavy (non-hydrogen) atoms. The van der Waals surface area contributed by atoms with E-state index in [2.05, 4.69) is 5.32 Å². The van der Waals surface area contributed by atoms with Crippen molar-refractivity contribution in [2.45, 2.75) is 18.3 Å². The molecular weight excluding hydrogens is 207 g/mol. The van der Waals surface area contributed by atoms with Crippen molar-refractivity contribution >= 4 is 0 Å². The van der Waals surface area contributed by atoms with Gasteiger partial charge in [0, 0.05) is 0 Å². The van der Waals surface area contributed by atoms with Crippen molar-refractivity contribution in [1.29, 1.82) is 0 Å². The van der Waals surface area contributed by atoms with Gasteiger partial charge < -0.3 is 10.4 Å². The number of rotatable bonds is 3. The minimum Gasteiger partial charge on any atom is -0.382 e. The first kappa shape index (κ1) is 12.0. The van der Waals surface area contributed by atoms with Gasteiger partial charge in [-0.05, 0) is 12.6 Å². The van der Waals surface area contributed by atoms with Crippen LogP contribution in [0.3, 0.4) is 0 Å². The fraction of sp³-hybridized carbons (Fsp3) is 0.400. The molecule has 2 N–H and O–H groups in total. The van der Waals surface area contributed by atoms with E-state index in [-0.39, 0.29) is 0 Å². The van der Waals surface area contributed by atoms with Crippen molar-refractivity contribution in [3.8, 4) is 0 Å². The molecular formula is C10H12F3NO. The highest BCUT2D eigenvalue weighted by Gasteiger charge is 2.43. The summed E-state index contributed by atoms with van der Waals surface area (Å²) in [5.74, 6) is 0. The lowest BCUT2D eigenvalue weighted by molar-refractivity contribution is -0.212. The second kappa shape index (κ2) is 4.63. The number of halogens is 3. The highest BCUT2D eigenvalue weighted by atomic mass is 19.4. The van der Waals surface area contributed by atoms with E-state index < -0.39 is 18.3 Å². The fourth-order valence-electron chi connectivity index (χ4n) is 1.36. The van der Waals surface area contributed by atoms with E-state index in [1.165, 1.54) is 19.2 Å². The van der Waals surface area contributed by atoms with Crippen LogP contribution in [-0.4, -0.2) is 24.4 Å². The Morgan fingerprint density at radius 3 is 2.13 bits per heavy atom. The number of aliphatic hydroxyl groups is 1. The number of likely N-dealkylation sites (N-methyl/N-ethyl adjacent to an activating group) is 1. The molecule has 2 nitrogen and oxygen atoms in total. The van der Waals surface area contributed by atoms with Gasteiger partial charge in [0.25, 0.3) is 0 Å². The van der Waals surface area contributed by atoms with Gasteiger partial charge in [0.2, 0.25) is 0 Å². The van der Waals surface area contributed by atoms with Crippen molar-refractivity contribution in [3.63, 3.8) is 0 Å². The van der Waals surface area contributed by atoms with Crippen LogP contribution in [0.4, 0.5) is 13.2 Å². The summed E-state index contributed by atoms with van der Waals surface area (Å²) in [5, 5.41) is 11.6. The zero-order chi connectivity index (χ0) is 11.5. The van der Waals surface area contributed by atoms with E-state index in [4.69, 9.17) is 5.11 Å².